The maximum atomic E-state index is 11.8. The Labute approximate surface area is 88.6 Å². The van der Waals surface area contributed by atoms with Gasteiger partial charge in [-0.3, -0.25) is 9.48 Å². The third-order valence-corrected chi connectivity index (χ3v) is 2.82. The maximum absolute atomic E-state index is 11.8. The molecule has 3 N–H and O–H groups in total. The SMILES string of the molecule is Cn1nccc1C(=O)NC(CN)C1CC1. The molecule has 0 bridgehead atoms. The summed E-state index contributed by atoms with van der Waals surface area (Å²) >= 11 is 0. The van der Waals surface area contributed by atoms with E-state index in [2.05, 4.69) is 10.4 Å². The zero-order chi connectivity index (χ0) is 10.8. The van der Waals surface area contributed by atoms with Crippen molar-refractivity contribution in [1.82, 2.24) is 15.1 Å². The number of aryl methyl sites for hydroxylation is 1. The second kappa shape index (κ2) is 4.02. The monoisotopic (exact) mass is 208 g/mol. The molecule has 1 aliphatic carbocycles. The number of nitrogens with two attached hydrogens (primary N) is 1. The van der Waals surface area contributed by atoms with E-state index < -0.39 is 0 Å². The minimum Gasteiger partial charge on any atom is -0.346 e. The second-order valence-electron chi connectivity index (χ2n) is 3.99. The van der Waals surface area contributed by atoms with Crippen LogP contribution in [0.3, 0.4) is 0 Å². The summed E-state index contributed by atoms with van der Waals surface area (Å²) in [4.78, 5) is 11.8. The number of carbonyl (C=O) groups is 1. The Kier molecular flexibility index (Phi) is 2.73. The van der Waals surface area contributed by atoms with E-state index in [1.54, 1.807) is 24.0 Å². The molecule has 0 spiro atoms. The van der Waals surface area contributed by atoms with Crippen molar-refractivity contribution in [3.05, 3.63) is 18.0 Å². The summed E-state index contributed by atoms with van der Waals surface area (Å²) in [5.41, 5.74) is 6.19. The molecule has 15 heavy (non-hydrogen) atoms. The third kappa shape index (κ3) is 2.18. The first-order valence-electron chi connectivity index (χ1n) is 5.21. The van der Waals surface area contributed by atoms with Gasteiger partial charge in [0.2, 0.25) is 0 Å². The van der Waals surface area contributed by atoms with Gasteiger partial charge in [-0.1, -0.05) is 0 Å². The van der Waals surface area contributed by atoms with Gasteiger partial charge in [0.15, 0.2) is 0 Å². The largest absolute Gasteiger partial charge is 0.346 e. The van der Waals surface area contributed by atoms with Gasteiger partial charge >= 0.3 is 0 Å². The lowest BCUT2D eigenvalue weighted by Gasteiger charge is -2.15. The van der Waals surface area contributed by atoms with Crippen LogP contribution in [0.2, 0.25) is 0 Å². The van der Waals surface area contributed by atoms with Crippen molar-refractivity contribution in [3.8, 4) is 0 Å². The molecule has 1 saturated carbocycles. The lowest BCUT2D eigenvalue weighted by molar-refractivity contribution is 0.0924. The first-order valence-corrected chi connectivity index (χ1v) is 5.21. The standard InChI is InChI=1S/C10H16N4O/c1-14-9(4-5-12-14)10(15)13-8(6-11)7-2-3-7/h4-5,7-8H,2-3,6,11H2,1H3,(H,13,15). The van der Waals surface area contributed by atoms with Crippen LogP contribution in [-0.2, 0) is 7.05 Å². The van der Waals surface area contributed by atoms with E-state index in [-0.39, 0.29) is 11.9 Å². The van der Waals surface area contributed by atoms with Crippen LogP contribution in [0.4, 0.5) is 0 Å². The van der Waals surface area contributed by atoms with E-state index in [0.717, 1.165) is 0 Å². The molecule has 0 aliphatic heterocycles. The van der Waals surface area contributed by atoms with Crippen LogP contribution >= 0.6 is 0 Å². The highest BCUT2D eigenvalue weighted by Crippen LogP contribution is 2.32. The van der Waals surface area contributed by atoms with Crippen molar-refractivity contribution in [1.29, 1.82) is 0 Å². The molecule has 0 radical (unpaired) electrons. The Balaban J connectivity index is 1.99. The zero-order valence-electron chi connectivity index (χ0n) is 8.81. The molecular formula is C10H16N4O. The molecule has 2 rings (SSSR count). The summed E-state index contributed by atoms with van der Waals surface area (Å²) in [6, 6.07) is 1.82. The van der Waals surface area contributed by atoms with Crippen LogP contribution in [-0.4, -0.2) is 28.3 Å². The average molecular weight is 208 g/mol. The number of aromatic nitrogens is 2. The van der Waals surface area contributed by atoms with Gasteiger partial charge in [0.1, 0.15) is 5.69 Å². The maximum Gasteiger partial charge on any atom is 0.269 e. The molecular weight excluding hydrogens is 192 g/mol. The highest BCUT2D eigenvalue weighted by molar-refractivity contribution is 5.92. The smallest absolute Gasteiger partial charge is 0.269 e. The molecule has 82 valence electrons. The molecule has 1 amide bonds. The molecule has 5 heteroatoms. The van der Waals surface area contributed by atoms with Gasteiger partial charge in [-0.25, -0.2) is 0 Å². The Morgan fingerprint density at radius 3 is 3.00 bits per heavy atom. The lowest BCUT2D eigenvalue weighted by atomic mass is 10.2. The lowest BCUT2D eigenvalue weighted by Crippen LogP contribution is -2.42. The van der Waals surface area contributed by atoms with Gasteiger partial charge in [0.05, 0.1) is 0 Å². The summed E-state index contributed by atoms with van der Waals surface area (Å²) < 4.78 is 1.57. The molecule has 1 fully saturated rings. The quantitative estimate of drug-likeness (QED) is 0.725. The Morgan fingerprint density at radius 1 is 1.80 bits per heavy atom. The van der Waals surface area contributed by atoms with E-state index in [9.17, 15) is 4.79 Å². The van der Waals surface area contributed by atoms with Crippen LogP contribution in [0.25, 0.3) is 0 Å². The number of rotatable bonds is 4. The summed E-state index contributed by atoms with van der Waals surface area (Å²) in [6.45, 7) is 0.508. The summed E-state index contributed by atoms with van der Waals surface area (Å²) in [5, 5.41) is 6.90. The highest BCUT2D eigenvalue weighted by atomic mass is 16.2. The van der Waals surface area contributed by atoms with Crippen molar-refractivity contribution in [3.63, 3.8) is 0 Å². The van der Waals surface area contributed by atoms with Crippen molar-refractivity contribution in [2.45, 2.75) is 18.9 Å². The van der Waals surface area contributed by atoms with E-state index in [1.165, 1.54) is 12.8 Å². The van der Waals surface area contributed by atoms with Crippen LogP contribution in [0.5, 0.6) is 0 Å². The van der Waals surface area contributed by atoms with E-state index in [0.29, 0.717) is 18.2 Å². The number of nitrogens with zero attached hydrogens (tertiary/aromatic N) is 2. The van der Waals surface area contributed by atoms with Gasteiger partial charge in [0.25, 0.3) is 5.91 Å². The second-order valence-corrected chi connectivity index (χ2v) is 3.99. The Bertz CT molecular complexity index is 356. The zero-order valence-corrected chi connectivity index (χ0v) is 8.81. The molecule has 1 aromatic heterocycles. The minimum atomic E-state index is -0.0858. The summed E-state index contributed by atoms with van der Waals surface area (Å²) in [5.74, 6) is 0.490. The van der Waals surface area contributed by atoms with Crippen molar-refractivity contribution >= 4 is 5.91 Å². The van der Waals surface area contributed by atoms with Gasteiger partial charge in [0, 0.05) is 25.8 Å². The predicted molar refractivity (Wildman–Crippen MR) is 56.2 cm³/mol. The average Bonchev–Trinajstić information content (AvgIpc) is 2.97. The van der Waals surface area contributed by atoms with Gasteiger partial charge in [-0.2, -0.15) is 5.10 Å². The fourth-order valence-electron chi connectivity index (χ4n) is 1.71. The van der Waals surface area contributed by atoms with Gasteiger partial charge < -0.3 is 11.1 Å². The van der Waals surface area contributed by atoms with Crippen LogP contribution < -0.4 is 11.1 Å². The molecule has 0 aromatic carbocycles. The fourth-order valence-corrected chi connectivity index (χ4v) is 1.71. The number of hydrogen-bond acceptors (Lipinski definition) is 3. The molecule has 1 aliphatic rings. The van der Waals surface area contributed by atoms with E-state index >= 15 is 0 Å². The van der Waals surface area contributed by atoms with Crippen LogP contribution in [0.15, 0.2) is 12.3 Å². The van der Waals surface area contributed by atoms with Crippen LogP contribution in [0, 0.1) is 5.92 Å². The summed E-state index contributed by atoms with van der Waals surface area (Å²) in [6.07, 6.45) is 3.96. The normalized spacial score (nSPS) is 17.5. The Hall–Kier alpha value is -1.36. The van der Waals surface area contributed by atoms with Crippen molar-refractivity contribution < 1.29 is 4.79 Å². The highest BCUT2D eigenvalue weighted by Gasteiger charge is 2.31. The Morgan fingerprint density at radius 2 is 2.53 bits per heavy atom. The fraction of sp³-hybridized carbons (Fsp3) is 0.600. The van der Waals surface area contributed by atoms with E-state index in [4.69, 9.17) is 5.73 Å². The van der Waals surface area contributed by atoms with Crippen molar-refractivity contribution in [2.75, 3.05) is 6.54 Å². The number of carbonyl (C=O) groups excluding carboxylic acids is 1. The molecule has 1 heterocycles. The molecule has 1 aromatic rings. The number of hydrogen-bond donors (Lipinski definition) is 2. The first-order chi connectivity index (χ1) is 7.22. The molecule has 1 unspecified atom stereocenters. The van der Waals surface area contributed by atoms with Crippen LogP contribution in [0.1, 0.15) is 23.3 Å². The molecule has 1 atom stereocenters. The molecule has 5 nitrogen and oxygen atoms in total. The summed E-state index contributed by atoms with van der Waals surface area (Å²) in [7, 11) is 1.75. The predicted octanol–water partition coefficient (Wildman–Crippen LogP) is -0.113. The van der Waals surface area contributed by atoms with Gasteiger partial charge in [-0.15, -0.1) is 0 Å². The third-order valence-electron chi connectivity index (χ3n) is 2.82. The van der Waals surface area contributed by atoms with E-state index in [1.807, 2.05) is 0 Å². The topological polar surface area (TPSA) is 72.9 Å². The molecule has 0 saturated heterocycles. The number of amides is 1. The minimum absolute atomic E-state index is 0.0858. The van der Waals surface area contributed by atoms with Crippen molar-refractivity contribution in [2.24, 2.45) is 18.7 Å². The number of nitrogens with one attached hydrogen (secondary N) is 1. The first kappa shape index (κ1) is 10.2. The van der Waals surface area contributed by atoms with Gasteiger partial charge in [-0.05, 0) is 24.8 Å².